The van der Waals surface area contributed by atoms with Gasteiger partial charge in [0, 0.05) is 19.6 Å². The highest BCUT2D eigenvalue weighted by Gasteiger charge is 2.11. The average molecular weight is 261 g/mol. The smallest absolute Gasteiger partial charge is 0.317 e. The molecule has 0 atom stereocenters. The Labute approximate surface area is 105 Å². The number of amides is 3. The number of aliphatic carboxylic acids is 1. The fraction of sp³-hybridized carbons (Fsp3) is 0.700. The molecule has 0 aliphatic rings. The normalized spacial score (nSPS) is 9.83. The van der Waals surface area contributed by atoms with E-state index in [1.54, 1.807) is 6.92 Å². The van der Waals surface area contributed by atoms with E-state index in [0.29, 0.717) is 6.54 Å². The molecule has 0 saturated carbocycles. The van der Waals surface area contributed by atoms with E-state index in [1.165, 1.54) is 4.90 Å². The second-order valence-corrected chi connectivity index (χ2v) is 3.47. The fourth-order valence-corrected chi connectivity index (χ4v) is 1.15. The number of hydrogen-bond donors (Lipinski definition) is 3. The van der Waals surface area contributed by atoms with E-state index in [4.69, 9.17) is 15.6 Å². The third-order valence-corrected chi connectivity index (χ3v) is 2.03. The summed E-state index contributed by atoms with van der Waals surface area (Å²) in [6.07, 6.45) is -0.0978. The third-order valence-electron chi connectivity index (χ3n) is 2.03. The predicted molar refractivity (Wildman–Crippen MR) is 62.9 cm³/mol. The Morgan fingerprint density at radius 2 is 2.06 bits per heavy atom. The number of hydrogen-bond acceptors (Lipinski definition) is 4. The number of urea groups is 1. The molecule has 8 heteroatoms. The predicted octanol–water partition coefficient (Wildman–Crippen LogP) is -1.01. The van der Waals surface area contributed by atoms with Crippen molar-refractivity contribution in [1.82, 2.24) is 10.2 Å². The van der Waals surface area contributed by atoms with Gasteiger partial charge < -0.3 is 25.8 Å². The van der Waals surface area contributed by atoms with Crippen LogP contribution in [0, 0.1) is 0 Å². The van der Waals surface area contributed by atoms with Gasteiger partial charge in [0.15, 0.2) is 0 Å². The van der Waals surface area contributed by atoms with Crippen molar-refractivity contribution in [2.75, 3.05) is 32.8 Å². The summed E-state index contributed by atoms with van der Waals surface area (Å²) in [5, 5.41) is 11.1. The molecule has 4 N–H and O–H groups in total. The Balaban J connectivity index is 3.76. The first-order chi connectivity index (χ1) is 8.47. The quantitative estimate of drug-likeness (QED) is 0.459. The number of carboxylic acid groups (broad SMARTS) is 1. The number of nitrogens with one attached hydrogen (secondary N) is 1. The lowest BCUT2D eigenvalue weighted by Gasteiger charge is -2.20. The van der Waals surface area contributed by atoms with Gasteiger partial charge in [-0.1, -0.05) is 0 Å². The molecule has 0 rings (SSSR count). The summed E-state index contributed by atoms with van der Waals surface area (Å²) in [7, 11) is 0. The molecule has 0 saturated heterocycles. The van der Waals surface area contributed by atoms with Gasteiger partial charge in [0.2, 0.25) is 5.91 Å². The second-order valence-electron chi connectivity index (χ2n) is 3.47. The number of carbonyl (C=O) groups excluding carboxylic acids is 2. The first kappa shape index (κ1) is 16.2. The van der Waals surface area contributed by atoms with Gasteiger partial charge in [0.25, 0.3) is 0 Å². The first-order valence-electron chi connectivity index (χ1n) is 5.58. The van der Waals surface area contributed by atoms with E-state index in [1.807, 2.05) is 0 Å². The van der Waals surface area contributed by atoms with E-state index in [0.717, 1.165) is 0 Å². The van der Waals surface area contributed by atoms with Gasteiger partial charge in [-0.15, -0.1) is 0 Å². The molecule has 3 amide bonds. The molecule has 0 radical (unpaired) electrons. The third kappa shape index (κ3) is 8.34. The van der Waals surface area contributed by atoms with Crippen molar-refractivity contribution in [1.29, 1.82) is 0 Å². The molecule has 0 aliphatic carbocycles. The Hall–Kier alpha value is -1.83. The molecule has 0 aromatic carbocycles. The van der Waals surface area contributed by atoms with Gasteiger partial charge in [0.05, 0.1) is 13.0 Å². The zero-order valence-electron chi connectivity index (χ0n) is 10.3. The Bertz CT molecular complexity index is 295. The van der Waals surface area contributed by atoms with Crippen LogP contribution < -0.4 is 11.1 Å². The highest BCUT2D eigenvalue weighted by Crippen LogP contribution is 1.92. The van der Waals surface area contributed by atoms with Crippen molar-refractivity contribution in [3.63, 3.8) is 0 Å². The summed E-state index contributed by atoms with van der Waals surface area (Å²) in [6.45, 7) is 2.54. The van der Waals surface area contributed by atoms with Crippen LogP contribution in [0.3, 0.4) is 0 Å². The van der Waals surface area contributed by atoms with Gasteiger partial charge >= 0.3 is 12.0 Å². The molecule has 8 nitrogen and oxygen atoms in total. The monoisotopic (exact) mass is 261 g/mol. The Kier molecular flexibility index (Phi) is 8.29. The molecule has 0 aliphatic heterocycles. The molecule has 0 heterocycles. The molecular weight excluding hydrogens is 242 g/mol. The van der Waals surface area contributed by atoms with Gasteiger partial charge in [-0.2, -0.15) is 0 Å². The number of carboxylic acids is 1. The van der Waals surface area contributed by atoms with E-state index in [-0.39, 0.29) is 38.8 Å². The molecule has 104 valence electrons. The van der Waals surface area contributed by atoms with Crippen molar-refractivity contribution in [2.45, 2.75) is 13.3 Å². The second kappa shape index (κ2) is 9.23. The van der Waals surface area contributed by atoms with Crippen LogP contribution in [-0.4, -0.2) is 60.8 Å². The van der Waals surface area contributed by atoms with E-state index in [9.17, 15) is 14.4 Å². The standard InChI is InChI=1S/C10H19N3O5/c1-2-13(5-3-9(15)16)10(17)12-4-6-18-7-8(11)14/h2-7H2,1H3,(H2,11,14)(H,12,17)(H,15,16). The van der Waals surface area contributed by atoms with E-state index in [2.05, 4.69) is 5.32 Å². The molecule has 0 aromatic heterocycles. The van der Waals surface area contributed by atoms with E-state index >= 15 is 0 Å². The van der Waals surface area contributed by atoms with Crippen LogP contribution in [-0.2, 0) is 14.3 Å². The fourth-order valence-electron chi connectivity index (χ4n) is 1.15. The number of nitrogens with zero attached hydrogens (tertiary/aromatic N) is 1. The zero-order chi connectivity index (χ0) is 14.0. The molecule has 0 aromatic rings. The number of rotatable bonds is 9. The van der Waals surface area contributed by atoms with Crippen LogP contribution in [0.2, 0.25) is 0 Å². The minimum absolute atomic E-state index is 0.0978. The topological polar surface area (TPSA) is 122 Å². The van der Waals surface area contributed by atoms with Crippen LogP contribution in [0.1, 0.15) is 13.3 Å². The maximum atomic E-state index is 11.6. The maximum Gasteiger partial charge on any atom is 0.317 e. The van der Waals surface area contributed by atoms with Crippen molar-refractivity contribution in [2.24, 2.45) is 5.73 Å². The lowest BCUT2D eigenvalue weighted by molar-refractivity contribution is -0.137. The summed E-state index contributed by atoms with van der Waals surface area (Å²) in [6, 6.07) is -0.360. The lowest BCUT2D eigenvalue weighted by Crippen LogP contribution is -2.42. The molecule has 0 unspecified atom stereocenters. The zero-order valence-corrected chi connectivity index (χ0v) is 10.3. The summed E-state index contributed by atoms with van der Waals surface area (Å²) in [5.41, 5.74) is 4.86. The molecule has 0 bridgehead atoms. The average Bonchev–Trinajstić information content (AvgIpc) is 2.28. The number of nitrogens with two attached hydrogens (primary N) is 1. The largest absolute Gasteiger partial charge is 0.481 e. The van der Waals surface area contributed by atoms with Crippen LogP contribution in [0.5, 0.6) is 0 Å². The van der Waals surface area contributed by atoms with Crippen LogP contribution in [0.15, 0.2) is 0 Å². The minimum Gasteiger partial charge on any atom is -0.481 e. The van der Waals surface area contributed by atoms with Crippen molar-refractivity contribution in [3.8, 4) is 0 Å². The molecule has 0 spiro atoms. The minimum atomic E-state index is -0.953. The summed E-state index contributed by atoms with van der Waals surface area (Å²) in [5.74, 6) is -1.52. The van der Waals surface area contributed by atoms with E-state index < -0.39 is 11.9 Å². The van der Waals surface area contributed by atoms with Gasteiger partial charge in [-0.3, -0.25) is 9.59 Å². The number of ether oxygens (including phenoxy) is 1. The summed E-state index contributed by atoms with van der Waals surface area (Å²) < 4.78 is 4.86. The van der Waals surface area contributed by atoms with Gasteiger partial charge in [-0.25, -0.2) is 4.79 Å². The van der Waals surface area contributed by atoms with Crippen molar-refractivity contribution in [3.05, 3.63) is 0 Å². The molecule has 0 fully saturated rings. The number of primary amides is 1. The summed E-state index contributed by atoms with van der Waals surface area (Å²) in [4.78, 5) is 33.7. The van der Waals surface area contributed by atoms with Crippen LogP contribution in [0.4, 0.5) is 4.79 Å². The highest BCUT2D eigenvalue weighted by molar-refractivity contribution is 5.75. The molecule has 18 heavy (non-hydrogen) atoms. The van der Waals surface area contributed by atoms with Crippen molar-refractivity contribution < 1.29 is 24.2 Å². The Morgan fingerprint density at radius 1 is 1.39 bits per heavy atom. The Morgan fingerprint density at radius 3 is 2.56 bits per heavy atom. The van der Waals surface area contributed by atoms with Gasteiger partial charge in [-0.05, 0) is 6.92 Å². The SMILES string of the molecule is CCN(CCC(=O)O)C(=O)NCCOCC(N)=O. The van der Waals surface area contributed by atoms with Gasteiger partial charge in [0.1, 0.15) is 6.61 Å². The summed E-state index contributed by atoms with van der Waals surface area (Å²) >= 11 is 0. The van der Waals surface area contributed by atoms with Crippen LogP contribution in [0.25, 0.3) is 0 Å². The number of carbonyl (C=O) groups is 3. The lowest BCUT2D eigenvalue weighted by atomic mass is 10.4. The first-order valence-corrected chi connectivity index (χ1v) is 5.58. The maximum absolute atomic E-state index is 11.6. The molecular formula is C10H19N3O5. The highest BCUT2D eigenvalue weighted by atomic mass is 16.5. The van der Waals surface area contributed by atoms with Crippen LogP contribution >= 0.6 is 0 Å². The van der Waals surface area contributed by atoms with Crippen molar-refractivity contribution >= 4 is 17.9 Å².